The monoisotopic (exact) mass is 435 g/mol. The van der Waals surface area contributed by atoms with Gasteiger partial charge in [0.15, 0.2) is 0 Å². The third-order valence-corrected chi connectivity index (χ3v) is 6.36. The van der Waals surface area contributed by atoms with Crippen LogP contribution in [-0.4, -0.2) is 40.3 Å². The van der Waals surface area contributed by atoms with Gasteiger partial charge in [-0.3, -0.25) is 9.10 Å². The molecule has 29 heavy (non-hydrogen) atoms. The van der Waals surface area contributed by atoms with E-state index < -0.39 is 22.5 Å². The van der Waals surface area contributed by atoms with Gasteiger partial charge in [0.25, 0.3) is 10.0 Å². The molecule has 1 N–H and O–H groups in total. The Morgan fingerprint density at radius 1 is 1.00 bits per heavy atom. The minimum absolute atomic E-state index is 0.00399. The Kier molecular flexibility index (Phi) is 5.86. The first-order chi connectivity index (χ1) is 13.8. The number of fused-ring (bicyclic) bond motifs is 1. The summed E-state index contributed by atoms with van der Waals surface area (Å²) in [6, 6.07) is 14.6. The van der Waals surface area contributed by atoms with E-state index in [1.165, 1.54) is 38.5 Å². The van der Waals surface area contributed by atoms with Gasteiger partial charge in [0.2, 0.25) is 0 Å². The quantitative estimate of drug-likeness (QED) is 0.606. The number of rotatable bonds is 7. The first-order valence-corrected chi connectivity index (χ1v) is 10.2. The summed E-state index contributed by atoms with van der Waals surface area (Å²) in [5, 5.41) is 11.1. The van der Waals surface area contributed by atoms with E-state index in [2.05, 4.69) is 0 Å². The summed E-state index contributed by atoms with van der Waals surface area (Å²) in [7, 11) is -1.53. The van der Waals surface area contributed by atoms with Crippen LogP contribution in [0, 0.1) is 0 Å². The average Bonchev–Trinajstić information content (AvgIpc) is 2.71. The Balaban J connectivity index is 2.21. The first-order valence-electron chi connectivity index (χ1n) is 8.42. The van der Waals surface area contributed by atoms with E-state index in [1.807, 2.05) is 12.1 Å². The van der Waals surface area contributed by atoms with Gasteiger partial charge < -0.3 is 14.6 Å². The molecule has 0 aliphatic rings. The van der Waals surface area contributed by atoms with Gasteiger partial charge in [0.1, 0.15) is 18.0 Å². The van der Waals surface area contributed by atoms with Crippen LogP contribution in [0.4, 0.5) is 5.69 Å². The fourth-order valence-corrected chi connectivity index (χ4v) is 4.60. The number of sulfonamides is 1. The van der Waals surface area contributed by atoms with Gasteiger partial charge in [-0.05, 0) is 22.9 Å². The zero-order valence-electron chi connectivity index (χ0n) is 15.6. The molecule has 0 saturated heterocycles. The Bertz CT molecular complexity index is 1180. The third-order valence-electron chi connectivity index (χ3n) is 4.31. The minimum atomic E-state index is -4.24. The Morgan fingerprint density at radius 2 is 1.66 bits per heavy atom. The van der Waals surface area contributed by atoms with Gasteiger partial charge in [-0.25, -0.2) is 8.42 Å². The second-order valence-corrected chi connectivity index (χ2v) is 8.34. The van der Waals surface area contributed by atoms with Crippen LogP contribution in [0.15, 0.2) is 59.5 Å². The summed E-state index contributed by atoms with van der Waals surface area (Å²) in [6.45, 7) is -0.809. The molecule has 0 aliphatic heterocycles. The summed E-state index contributed by atoms with van der Waals surface area (Å²) < 4.78 is 38.0. The minimum Gasteiger partial charge on any atom is -0.495 e. The summed E-state index contributed by atoms with van der Waals surface area (Å²) in [6.07, 6.45) is 0. The molecule has 0 spiro atoms. The van der Waals surface area contributed by atoms with Crippen molar-refractivity contribution in [3.63, 3.8) is 0 Å². The molecule has 9 heteroatoms. The van der Waals surface area contributed by atoms with Crippen LogP contribution in [-0.2, 0) is 14.8 Å². The number of hydrogen-bond acceptors (Lipinski definition) is 5. The maximum atomic E-state index is 13.4. The Morgan fingerprint density at radius 3 is 2.28 bits per heavy atom. The van der Waals surface area contributed by atoms with Crippen molar-refractivity contribution in [2.75, 3.05) is 25.1 Å². The van der Waals surface area contributed by atoms with E-state index >= 15 is 0 Å². The smallest absolute Gasteiger partial charge is 0.324 e. The molecule has 0 aromatic heterocycles. The fourth-order valence-electron chi connectivity index (χ4n) is 2.92. The lowest BCUT2D eigenvalue weighted by atomic mass is 10.1. The van der Waals surface area contributed by atoms with Crippen molar-refractivity contribution in [3.8, 4) is 11.5 Å². The van der Waals surface area contributed by atoms with E-state index in [9.17, 15) is 18.3 Å². The number of nitrogens with zero attached hydrogens (tertiary/aromatic N) is 1. The van der Waals surface area contributed by atoms with Crippen LogP contribution in [0.1, 0.15) is 0 Å². The van der Waals surface area contributed by atoms with E-state index in [4.69, 9.17) is 21.1 Å². The lowest BCUT2D eigenvalue weighted by Gasteiger charge is -2.25. The molecule has 0 amide bonds. The topological polar surface area (TPSA) is 93.1 Å². The molecule has 0 radical (unpaired) electrons. The van der Waals surface area contributed by atoms with Gasteiger partial charge in [-0.1, -0.05) is 41.9 Å². The molecule has 0 fully saturated rings. The van der Waals surface area contributed by atoms with Crippen LogP contribution in [0.5, 0.6) is 11.5 Å². The fraction of sp³-hybridized carbons (Fsp3) is 0.150. The zero-order chi connectivity index (χ0) is 21.2. The molecule has 3 aromatic rings. The number of carbonyl (C=O) groups is 1. The number of methoxy groups -OCH3 is 2. The van der Waals surface area contributed by atoms with Crippen molar-refractivity contribution >= 4 is 44.1 Å². The molecule has 3 aromatic carbocycles. The van der Waals surface area contributed by atoms with Crippen LogP contribution in [0.2, 0.25) is 5.02 Å². The average molecular weight is 436 g/mol. The number of halogens is 1. The molecule has 152 valence electrons. The van der Waals surface area contributed by atoms with Crippen molar-refractivity contribution < 1.29 is 27.8 Å². The molecular formula is C20H18ClNO6S. The van der Waals surface area contributed by atoms with Crippen LogP contribution >= 0.6 is 11.6 Å². The van der Waals surface area contributed by atoms with Crippen molar-refractivity contribution in [2.45, 2.75) is 4.90 Å². The van der Waals surface area contributed by atoms with Crippen LogP contribution < -0.4 is 13.8 Å². The van der Waals surface area contributed by atoms with E-state index in [0.29, 0.717) is 5.39 Å². The number of carboxylic acid groups (broad SMARTS) is 1. The summed E-state index contributed by atoms with van der Waals surface area (Å²) in [4.78, 5) is 11.4. The number of aliphatic carboxylic acids is 1. The van der Waals surface area contributed by atoms with Gasteiger partial charge in [-0.15, -0.1) is 0 Å². The van der Waals surface area contributed by atoms with E-state index in [1.54, 1.807) is 18.2 Å². The molecule has 0 atom stereocenters. The molecule has 0 aliphatic carbocycles. The Labute approximate surface area is 173 Å². The Hall–Kier alpha value is -2.97. The van der Waals surface area contributed by atoms with Gasteiger partial charge in [0.05, 0.1) is 29.8 Å². The third kappa shape index (κ3) is 4.08. The SMILES string of the molecule is COc1cc(N(CC(=O)O)S(=O)(=O)c2ccc3ccccc3c2)c(OC)cc1Cl. The predicted octanol–water partition coefficient (Wildman–Crippen LogP) is 3.79. The normalized spacial score (nSPS) is 11.3. The predicted molar refractivity (Wildman–Crippen MR) is 111 cm³/mol. The molecule has 0 bridgehead atoms. The number of carboxylic acids is 1. The van der Waals surface area contributed by atoms with Crippen LogP contribution in [0.25, 0.3) is 10.8 Å². The highest BCUT2D eigenvalue weighted by atomic mass is 35.5. The number of hydrogen-bond donors (Lipinski definition) is 1. The van der Waals surface area contributed by atoms with Crippen LogP contribution in [0.3, 0.4) is 0 Å². The van der Waals surface area contributed by atoms with Gasteiger partial charge >= 0.3 is 5.97 Å². The van der Waals surface area contributed by atoms with Crippen molar-refractivity contribution in [1.29, 1.82) is 0 Å². The summed E-state index contributed by atoms with van der Waals surface area (Å²) in [5.74, 6) is -1.04. The van der Waals surface area contributed by atoms with Crippen molar-refractivity contribution in [1.82, 2.24) is 0 Å². The molecule has 7 nitrogen and oxygen atoms in total. The number of benzene rings is 3. The highest BCUT2D eigenvalue weighted by Crippen LogP contribution is 2.40. The molecule has 0 unspecified atom stereocenters. The number of anilines is 1. The standard InChI is InChI=1S/C20H18ClNO6S/c1-27-18-11-17(19(28-2)10-16(18)21)22(12-20(23)24)29(25,26)15-8-7-13-5-3-4-6-14(13)9-15/h3-11H,12H2,1-2H3,(H,23,24). The summed E-state index contributed by atoms with van der Waals surface area (Å²) >= 11 is 6.10. The lowest BCUT2D eigenvalue weighted by Crippen LogP contribution is -2.36. The largest absolute Gasteiger partial charge is 0.495 e. The molecule has 0 saturated carbocycles. The zero-order valence-corrected chi connectivity index (χ0v) is 17.2. The van der Waals surface area contributed by atoms with Crippen molar-refractivity contribution in [2.24, 2.45) is 0 Å². The number of ether oxygens (including phenoxy) is 2. The second kappa shape index (κ2) is 8.18. The first kappa shape index (κ1) is 20.8. The molecular weight excluding hydrogens is 418 g/mol. The van der Waals surface area contributed by atoms with E-state index in [-0.39, 0.29) is 27.1 Å². The second-order valence-electron chi connectivity index (χ2n) is 6.07. The molecule has 3 rings (SSSR count). The summed E-state index contributed by atoms with van der Waals surface area (Å²) in [5.41, 5.74) is 0.00399. The lowest BCUT2D eigenvalue weighted by molar-refractivity contribution is -0.135. The van der Waals surface area contributed by atoms with Crippen molar-refractivity contribution in [3.05, 3.63) is 59.6 Å². The highest BCUT2D eigenvalue weighted by Gasteiger charge is 2.30. The highest BCUT2D eigenvalue weighted by molar-refractivity contribution is 7.92. The maximum absolute atomic E-state index is 13.4. The molecule has 0 heterocycles. The van der Waals surface area contributed by atoms with Gasteiger partial charge in [0, 0.05) is 12.1 Å². The van der Waals surface area contributed by atoms with E-state index in [0.717, 1.165) is 9.69 Å². The maximum Gasteiger partial charge on any atom is 0.324 e. The van der Waals surface area contributed by atoms with Gasteiger partial charge in [-0.2, -0.15) is 0 Å².